The van der Waals surface area contributed by atoms with Crippen LogP contribution in [-0.2, 0) is 0 Å². The van der Waals surface area contributed by atoms with Gasteiger partial charge in [0.15, 0.2) is 5.75 Å². The number of benzene rings is 1. The van der Waals surface area contributed by atoms with Gasteiger partial charge in [0.1, 0.15) is 0 Å². The zero-order valence-corrected chi connectivity index (χ0v) is 8.62. The highest BCUT2D eigenvalue weighted by Gasteiger charge is 2.25. The molecule has 4 nitrogen and oxygen atoms in total. The largest absolute Gasteiger partial charge is 0.494 e. The summed E-state index contributed by atoms with van der Waals surface area (Å²) in [7, 11) is 1.51. The molecule has 1 aliphatic carbocycles. The molecule has 0 unspecified atom stereocenters. The van der Waals surface area contributed by atoms with Gasteiger partial charge in [0.2, 0.25) is 0 Å². The highest BCUT2D eigenvalue weighted by molar-refractivity contribution is 5.98. The molecule has 0 aromatic heterocycles. The van der Waals surface area contributed by atoms with Gasteiger partial charge in [0, 0.05) is 6.04 Å². The molecule has 80 valence electrons. The second-order valence-corrected chi connectivity index (χ2v) is 3.68. The lowest BCUT2D eigenvalue weighted by Crippen LogP contribution is -2.25. The van der Waals surface area contributed by atoms with E-state index in [4.69, 9.17) is 10.5 Å². The molecule has 0 radical (unpaired) electrons. The number of methoxy groups -OCH3 is 1. The summed E-state index contributed by atoms with van der Waals surface area (Å²) in [6, 6.07) is 5.52. The molecular formula is C11H14N2O2. The van der Waals surface area contributed by atoms with E-state index in [2.05, 4.69) is 5.32 Å². The molecule has 15 heavy (non-hydrogen) atoms. The van der Waals surface area contributed by atoms with Crippen molar-refractivity contribution in [1.82, 2.24) is 5.32 Å². The topological polar surface area (TPSA) is 64.3 Å². The van der Waals surface area contributed by atoms with E-state index in [1.807, 2.05) is 0 Å². The lowest BCUT2D eigenvalue weighted by molar-refractivity contribution is 0.0948. The van der Waals surface area contributed by atoms with Crippen molar-refractivity contribution in [1.29, 1.82) is 0 Å². The minimum absolute atomic E-state index is 0.110. The van der Waals surface area contributed by atoms with Gasteiger partial charge in [-0.15, -0.1) is 0 Å². The third-order valence-electron chi connectivity index (χ3n) is 2.41. The van der Waals surface area contributed by atoms with Gasteiger partial charge in [-0.25, -0.2) is 0 Å². The monoisotopic (exact) mass is 206 g/mol. The first-order chi connectivity index (χ1) is 7.22. The van der Waals surface area contributed by atoms with Crippen LogP contribution in [0.4, 0.5) is 5.69 Å². The van der Waals surface area contributed by atoms with Gasteiger partial charge in [0.05, 0.1) is 18.4 Å². The minimum atomic E-state index is -0.110. The van der Waals surface area contributed by atoms with Crippen LogP contribution in [-0.4, -0.2) is 19.1 Å². The molecule has 0 spiro atoms. The standard InChI is InChI=1S/C11H14N2O2/c1-15-10-8(3-2-4-9(10)12)11(14)13-7-5-6-7/h2-4,7H,5-6,12H2,1H3,(H,13,14). The molecule has 1 aromatic rings. The van der Waals surface area contributed by atoms with Crippen molar-refractivity contribution in [2.24, 2.45) is 0 Å². The number of nitrogen functional groups attached to an aromatic ring is 1. The second-order valence-electron chi connectivity index (χ2n) is 3.68. The first-order valence-electron chi connectivity index (χ1n) is 4.95. The van der Waals surface area contributed by atoms with Gasteiger partial charge in [-0.3, -0.25) is 4.79 Å². The van der Waals surface area contributed by atoms with Crippen LogP contribution >= 0.6 is 0 Å². The fourth-order valence-electron chi connectivity index (χ4n) is 1.45. The Bertz CT molecular complexity index is 386. The Morgan fingerprint density at radius 3 is 2.87 bits per heavy atom. The summed E-state index contributed by atoms with van der Waals surface area (Å²) in [6.45, 7) is 0. The molecule has 1 aromatic carbocycles. The lowest BCUT2D eigenvalue weighted by atomic mass is 10.1. The normalized spacial score (nSPS) is 14.7. The summed E-state index contributed by atoms with van der Waals surface area (Å²) in [6.07, 6.45) is 2.13. The van der Waals surface area contributed by atoms with Crippen LogP contribution in [0.2, 0.25) is 0 Å². The Hall–Kier alpha value is -1.71. The number of ether oxygens (including phenoxy) is 1. The summed E-state index contributed by atoms with van der Waals surface area (Å²) in [5.41, 5.74) is 6.70. The minimum Gasteiger partial charge on any atom is -0.494 e. The molecule has 1 amide bonds. The Morgan fingerprint density at radius 2 is 2.27 bits per heavy atom. The van der Waals surface area contributed by atoms with E-state index in [1.54, 1.807) is 18.2 Å². The van der Waals surface area contributed by atoms with Crippen molar-refractivity contribution in [3.05, 3.63) is 23.8 Å². The number of hydrogen-bond acceptors (Lipinski definition) is 3. The van der Waals surface area contributed by atoms with Gasteiger partial charge in [-0.2, -0.15) is 0 Å². The van der Waals surface area contributed by atoms with Crippen LogP contribution in [0.25, 0.3) is 0 Å². The number of nitrogens with two attached hydrogens (primary N) is 1. The highest BCUT2D eigenvalue weighted by atomic mass is 16.5. The maximum Gasteiger partial charge on any atom is 0.255 e. The average Bonchev–Trinajstić information content (AvgIpc) is 3.01. The van der Waals surface area contributed by atoms with Gasteiger partial charge in [-0.1, -0.05) is 6.07 Å². The first-order valence-corrected chi connectivity index (χ1v) is 4.95. The lowest BCUT2D eigenvalue weighted by Gasteiger charge is -2.10. The Morgan fingerprint density at radius 1 is 1.53 bits per heavy atom. The number of amides is 1. The number of para-hydroxylation sites is 1. The summed E-state index contributed by atoms with van der Waals surface area (Å²) in [4.78, 5) is 11.8. The van der Waals surface area contributed by atoms with E-state index in [0.29, 0.717) is 23.0 Å². The van der Waals surface area contributed by atoms with Crippen LogP contribution in [0.5, 0.6) is 5.75 Å². The Labute approximate surface area is 88.4 Å². The number of hydrogen-bond donors (Lipinski definition) is 2. The van der Waals surface area contributed by atoms with E-state index in [0.717, 1.165) is 12.8 Å². The van der Waals surface area contributed by atoms with E-state index in [1.165, 1.54) is 7.11 Å². The molecule has 1 fully saturated rings. The van der Waals surface area contributed by atoms with Crippen LogP contribution in [0.3, 0.4) is 0 Å². The van der Waals surface area contributed by atoms with Crippen molar-refractivity contribution in [2.45, 2.75) is 18.9 Å². The summed E-state index contributed by atoms with van der Waals surface area (Å²) >= 11 is 0. The molecule has 0 aliphatic heterocycles. The van der Waals surface area contributed by atoms with Gasteiger partial charge >= 0.3 is 0 Å². The highest BCUT2D eigenvalue weighted by Crippen LogP contribution is 2.27. The van der Waals surface area contributed by atoms with E-state index >= 15 is 0 Å². The number of carbonyl (C=O) groups excluding carboxylic acids is 1. The second kappa shape index (κ2) is 3.81. The maximum absolute atomic E-state index is 11.8. The Kier molecular flexibility index (Phi) is 2.49. The predicted molar refractivity (Wildman–Crippen MR) is 57.9 cm³/mol. The third kappa shape index (κ3) is 2.03. The molecule has 0 bridgehead atoms. The Balaban J connectivity index is 2.24. The smallest absolute Gasteiger partial charge is 0.255 e. The number of anilines is 1. The molecule has 3 N–H and O–H groups in total. The summed E-state index contributed by atoms with van der Waals surface area (Å²) in [5.74, 6) is 0.345. The van der Waals surface area contributed by atoms with Crippen molar-refractivity contribution >= 4 is 11.6 Å². The average molecular weight is 206 g/mol. The molecular weight excluding hydrogens is 192 g/mol. The van der Waals surface area contributed by atoms with Gasteiger partial charge < -0.3 is 15.8 Å². The van der Waals surface area contributed by atoms with E-state index in [-0.39, 0.29) is 5.91 Å². The fraction of sp³-hybridized carbons (Fsp3) is 0.364. The van der Waals surface area contributed by atoms with Crippen molar-refractivity contribution in [2.75, 3.05) is 12.8 Å². The number of carbonyl (C=O) groups is 1. The van der Waals surface area contributed by atoms with E-state index < -0.39 is 0 Å². The molecule has 0 saturated heterocycles. The summed E-state index contributed by atoms with van der Waals surface area (Å²) in [5, 5.41) is 2.90. The van der Waals surface area contributed by atoms with Gasteiger partial charge in [0.25, 0.3) is 5.91 Å². The molecule has 1 saturated carbocycles. The molecule has 2 rings (SSSR count). The SMILES string of the molecule is COc1c(N)cccc1C(=O)NC1CC1. The fourth-order valence-corrected chi connectivity index (χ4v) is 1.45. The molecule has 1 aliphatic rings. The van der Waals surface area contributed by atoms with Crippen LogP contribution in [0.15, 0.2) is 18.2 Å². The summed E-state index contributed by atoms with van der Waals surface area (Å²) < 4.78 is 5.11. The van der Waals surface area contributed by atoms with Crippen molar-refractivity contribution < 1.29 is 9.53 Å². The maximum atomic E-state index is 11.8. The molecule has 4 heteroatoms. The zero-order chi connectivity index (χ0) is 10.8. The van der Waals surface area contributed by atoms with Crippen LogP contribution < -0.4 is 15.8 Å². The first kappa shape index (κ1) is 9.83. The van der Waals surface area contributed by atoms with Crippen molar-refractivity contribution in [3.63, 3.8) is 0 Å². The zero-order valence-electron chi connectivity index (χ0n) is 8.62. The van der Waals surface area contributed by atoms with Crippen LogP contribution in [0, 0.1) is 0 Å². The van der Waals surface area contributed by atoms with Gasteiger partial charge in [-0.05, 0) is 25.0 Å². The van der Waals surface area contributed by atoms with Crippen LogP contribution in [0.1, 0.15) is 23.2 Å². The quantitative estimate of drug-likeness (QED) is 0.730. The molecule has 0 atom stereocenters. The molecule has 0 heterocycles. The number of rotatable bonds is 3. The van der Waals surface area contributed by atoms with Crippen molar-refractivity contribution in [3.8, 4) is 5.75 Å². The number of nitrogens with one attached hydrogen (secondary N) is 1. The van der Waals surface area contributed by atoms with E-state index in [9.17, 15) is 4.79 Å². The predicted octanol–water partition coefficient (Wildman–Crippen LogP) is 1.17. The third-order valence-corrected chi connectivity index (χ3v) is 2.41.